The molecule has 2 amide bonds. The summed E-state index contributed by atoms with van der Waals surface area (Å²) in [7, 11) is 1.60. The summed E-state index contributed by atoms with van der Waals surface area (Å²) in [5, 5.41) is 3.07. The number of carbonyl (C=O) groups is 2. The van der Waals surface area contributed by atoms with Gasteiger partial charge in [-0.3, -0.25) is 9.59 Å². The van der Waals surface area contributed by atoms with Crippen molar-refractivity contribution in [1.82, 2.24) is 10.2 Å². The van der Waals surface area contributed by atoms with Gasteiger partial charge in [0, 0.05) is 32.7 Å². The van der Waals surface area contributed by atoms with Crippen molar-refractivity contribution in [1.29, 1.82) is 0 Å². The first-order valence-corrected chi connectivity index (χ1v) is 9.34. The van der Waals surface area contributed by atoms with Crippen LogP contribution in [0.4, 0.5) is 0 Å². The molecule has 2 rings (SSSR count). The molecule has 0 aliphatic carbocycles. The molecule has 0 unspecified atom stereocenters. The number of benzene rings is 1. The summed E-state index contributed by atoms with van der Waals surface area (Å²) >= 11 is 0. The van der Waals surface area contributed by atoms with Crippen LogP contribution in [0.15, 0.2) is 24.3 Å². The maximum absolute atomic E-state index is 12.1. The highest BCUT2D eigenvalue weighted by Crippen LogP contribution is 2.13. The Kier molecular flexibility index (Phi) is 8.41. The average Bonchev–Trinajstić information content (AvgIpc) is 2.65. The molecule has 0 bridgehead atoms. The van der Waals surface area contributed by atoms with Crippen LogP contribution in [0.3, 0.4) is 0 Å². The maximum Gasteiger partial charge on any atom is 0.224 e. The van der Waals surface area contributed by atoms with E-state index >= 15 is 0 Å². The number of nitrogens with one attached hydrogen (secondary N) is 1. The lowest BCUT2D eigenvalue weighted by atomic mass is 10.0. The maximum atomic E-state index is 12.1. The molecule has 1 aromatic carbocycles. The van der Waals surface area contributed by atoms with Gasteiger partial charge in [0.2, 0.25) is 11.8 Å². The lowest BCUT2D eigenvalue weighted by Gasteiger charge is -2.32. The Hall–Kier alpha value is -2.08. The number of piperidine rings is 1. The van der Waals surface area contributed by atoms with Crippen LogP contribution >= 0.6 is 0 Å². The fraction of sp³-hybridized carbons (Fsp3) is 0.600. The molecule has 1 fully saturated rings. The Morgan fingerprint density at radius 3 is 2.46 bits per heavy atom. The molecule has 6 nitrogen and oxygen atoms in total. The van der Waals surface area contributed by atoms with Crippen LogP contribution in [-0.2, 0) is 14.3 Å². The van der Waals surface area contributed by atoms with Gasteiger partial charge in [-0.2, -0.15) is 0 Å². The smallest absolute Gasteiger partial charge is 0.224 e. The SMILES string of the molecule is COCCC(=O)N1CCC(NC(=O)CCCOc2ccc(C)cc2)CC1. The van der Waals surface area contributed by atoms with E-state index in [0.717, 1.165) is 18.6 Å². The molecule has 1 heterocycles. The van der Waals surface area contributed by atoms with Gasteiger partial charge in [0.05, 0.1) is 19.6 Å². The highest BCUT2D eigenvalue weighted by Gasteiger charge is 2.23. The topological polar surface area (TPSA) is 67.9 Å². The van der Waals surface area contributed by atoms with E-state index in [1.54, 1.807) is 7.11 Å². The second-order valence-electron chi connectivity index (χ2n) is 6.73. The summed E-state index contributed by atoms with van der Waals surface area (Å²) in [5.41, 5.74) is 1.20. The number of ether oxygens (including phenoxy) is 2. The van der Waals surface area contributed by atoms with E-state index in [-0.39, 0.29) is 17.9 Å². The average molecular weight is 362 g/mol. The largest absolute Gasteiger partial charge is 0.494 e. The lowest BCUT2D eigenvalue weighted by Crippen LogP contribution is -2.46. The number of rotatable bonds is 9. The minimum Gasteiger partial charge on any atom is -0.494 e. The van der Waals surface area contributed by atoms with Crippen molar-refractivity contribution in [3.8, 4) is 5.75 Å². The number of carbonyl (C=O) groups excluding carboxylic acids is 2. The molecule has 0 saturated carbocycles. The molecule has 144 valence electrons. The van der Waals surface area contributed by atoms with Crippen LogP contribution in [0.5, 0.6) is 5.75 Å². The highest BCUT2D eigenvalue weighted by atomic mass is 16.5. The first kappa shape index (κ1) is 20.2. The van der Waals surface area contributed by atoms with E-state index in [9.17, 15) is 9.59 Å². The number of methoxy groups -OCH3 is 1. The van der Waals surface area contributed by atoms with Crippen LogP contribution in [-0.4, -0.2) is 56.2 Å². The molecular formula is C20H30N2O4. The molecule has 1 aliphatic heterocycles. The zero-order chi connectivity index (χ0) is 18.8. The lowest BCUT2D eigenvalue weighted by molar-refractivity contribution is -0.133. The summed E-state index contributed by atoms with van der Waals surface area (Å²) in [6, 6.07) is 8.06. The minimum absolute atomic E-state index is 0.0571. The fourth-order valence-electron chi connectivity index (χ4n) is 2.98. The van der Waals surface area contributed by atoms with Crippen molar-refractivity contribution in [2.45, 2.75) is 45.1 Å². The Morgan fingerprint density at radius 2 is 1.81 bits per heavy atom. The third-order valence-corrected chi connectivity index (χ3v) is 4.57. The standard InChI is InChI=1S/C20H30N2O4/c1-16-5-7-18(8-6-16)26-14-3-4-19(23)21-17-9-12-22(13-10-17)20(24)11-15-25-2/h5-8,17H,3-4,9-15H2,1-2H3,(H,21,23). The fourth-order valence-corrected chi connectivity index (χ4v) is 2.98. The van der Waals surface area contributed by atoms with Gasteiger partial charge in [-0.25, -0.2) is 0 Å². The van der Waals surface area contributed by atoms with Gasteiger partial charge in [-0.15, -0.1) is 0 Å². The molecule has 1 saturated heterocycles. The van der Waals surface area contributed by atoms with E-state index in [4.69, 9.17) is 9.47 Å². The van der Waals surface area contributed by atoms with Crippen LogP contribution in [0, 0.1) is 6.92 Å². The zero-order valence-corrected chi connectivity index (χ0v) is 15.8. The third-order valence-electron chi connectivity index (χ3n) is 4.57. The minimum atomic E-state index is 0.0571. The zero-order valence-electron chi connectivity index (χ0n) is 15.8. The quantitative estimate of drug-likeness (QED) is 0.685. The van der Waals surface area contributed by atoms with E-state index in [0.29, 0.717) is 45.6 Å². The molecule has 0 aromatic heterocycles. The summed E-state index contributed by atoms with van der Waals surface area (Å²) in [4.78, 5) is 25.9. The summed E-state index contributed by atoms with van der Waals surface area (Å²) in [5.74, 6) is 1.02. The van der Waals surface area contributed by atoms with Crippen molar-refractivity contribution in [3.05, 3.63) is 29.8 Å². The normalized spacial score (nSPS) is 14.9. The van der Waals surface area contributed by atoms with E-state index in [2.05, 4.69) is 5.32 Å². The number of likely N-dealkylation sites (tertiary alicyclic amines) is 1. The van der Waals surface area contributed by atoms with Crippen LogP contribution in [0.25, 0.3) is 0 Å². The van der Waals surface area contributed by atoms with Crippen molar-refractivity contribution in [2.75, 3.05) is 33.4 Å². The first-order chi connectivity index (χ1) is 12.6. The predicted octanol–water partition coefficient (Wildman–Crippen LogP) is 2.30. The second kappa shape index (κ2) is 10.8. The van der Waals surface area contributed by atoms with Crippen molar-refractivity contribution in [2.24, 2.45) is 0 Å². The van der Waals surface area contributed by atoms with Crippen LogP contribution in [0.1, 0.15) is 37.7 Å². The second-order valence-corrected chi connectivity index (χ2v) is 6.73. The highest BCUT2D eigenvalue weighted by molar-refractivity contribution is 5.77. The molecule has 0 radical (unpaired) electrons. The molecule has 26 heavy (non-hydrogen) atoms. The van der Waals surface area contributed by atoms with Gasteiger partial charge in [0.25, 0.3) is 0 Å². The predicted molar refractivity (Wildman–Crippen MR) is 100 cm³/mol. The van der Waals surface area contributed by atoms with Crippen molar-refractivity contribution in [3.63, 3.8) is 0 Å². The van der Waals surface area contributed by atoms with Gasteiger partial charge >= 0.3 is 0 Å². The van der Waals surface area contributed by atoms with Crippen molar-refractivity contribution >= 4 is 11.8 Å². The Balaban J connectivity index is 1.57. The summed E-state index contributed by atoms with van der Waals surface area (Å²) in [6.07, 6.45) is 3.19. The molecule has 0 atom stereocenters. The van der Waals surface area contributed by atoms with Crippen LogP contribution in [0.2, 0.25) is 0 Å². The first-order valence-electron chi connectivity index (χ1n) is 9.34. The van der Waals surface area contributed by atoms with Gasteiger partial charge in [0.1, 0.15) is 5.75 Å². The van der Waals surface area contributed by atoms with E-state index < -0.39 is 0 Å². The Morgan fingerprint density at radius 1 is 1.12 bits per heavy atom. The number of hydrogen-bond acceptors (Lipinski definition) is 4. The molecule has 0 spiro atoms. The Labute approximate surface area is 155 Å². The molecule has 1 N–H and O–H groups in total. The molecule has 1 aromatic rings. The van der Waals surface area contributed by atoms with Gasteiger partial charge in [0.15, 0.2) is 0 Å². The number of amides is 2. The number of nitrogens with zero attached hydrogens (tertiary/aromatic N) is 1. The summed E-state index contributed by atoms with van der Waals surface area (Å²) in [6.45, 7) is 4.42. The van der Waals surface area contributed by atoms with Gasteiger partial charge < -0.3 is 19.7 Å². The number of aryl methyl sites for hydroxylation is 1. The molecule has 1 aliphatic rings. The van der Waals surface area contributed by atoms with Gasteiger partial charge in [-0.05, 0) is 38.3 Å². The van der Waals surface area contributed by atoms with Crippen LogP contribution < -0.4 is 10.1 Å². The third kappa shape index (κ3) is 7.04. The summed E-state index contributed by atoms with van der Waals surface area (Å²) < 4.78 is 10.6. The monoisotopic (exact) mass is 362 g/mol. The van der Waals surface area contributed by atoms with Crippen molar-refractivity contribution < 1.29 is 19.1 Å². The molecular weight excluding hydrogens is 332 g/mol. The van der Waals surface area contributed by atoms with Gasteiger partial charge in [-0.1, -0.05) is 17.7 Å². The number of hydrogen-bond donors (Lipinski definition) is 1. The Bertz CT molecular complexity index is 566. The molecule has 6 heteroatoms. The van der Waals surface area contributed by atoms with E-state index in [1.165, 1.54) is 5.56 Å². The van der Waals surface area contributed by atoms with E-state index in [1.807, 2.05) is 36.1 Å².